The van der Waals surface area contributed by atoms with Gasteiger partial charge in [-0.3, -0.25) is 4.79 Å². The van der Waals surface area contributed by atoms with Gasteiger partial charge in [-0.05, 0) is 36.5 Å². The maximum absolute atomic E-state index is 12.4. The predicted octanol–water partition coefficient (Wildman–Crippen LogP) is 3.05. The van der Waals surface area contributed by atoms with Crippen LogP contribution in [0.2, 0.25) is 0 Å². The Morgan fingerprint density at radius 2 is 2.10 bits per heavy atom. The lowest BCUT2D eigenvalue weighted by Crippen LogP contribution is -2.30. The van der Waals surface area contributed by atoms with Gasteiger partial charge in [0.25, 0.3) is 5.91 Å². The van der Waals surface area contributed by atoms with Gasteiger partial charge < -0.3 is 9.80 Å². The highest BCUT2D eigenvalue weighted by atomic mass is 35.5. The van der Waals surface area contributed by atoms with Crippen LogP contribution in [0.4, 0.5) is 5.69 Å². The van der Waals surface area contributed by atoms with E-state index in [1.807, 2.05) is 37.0 Å². The van der Waals surface area contributed by atoms with Crippen molar-refractivity contribution in [1.29, 1.82) is 0 Å². The fourth-order valence-electron chi connectivity index (χ4n) is 2.62. The molecule has 0 radical (unpaired) electrons. The van der Waals surface area contributed by atoms with E-state index < -0.39 is 0 Å². The molecule has 3 nitrogen and oxygen atoms in total. The fourth-order valence-corrected chi connectivity index (χ4v) is 2.93. The molecule has 0 saturated heterocycles. The van der Waals surface area contributed by atoms with Gasteiger partial charge in [0.1, 0.15) is 0 Å². The molecule has 20 heavy (non-hydrogen) atoms. The van der Waals surface area contributed by atoms with E-state index in [-0.39, 0.29) is 18.3 Å². The topological polar surface area (TPSA) is 23.6 Å². The van der Waals surface area contributed by atoms with Crippen molar-refractivity contribution in [1.82, 2.24) is 4.90 Å². The number of hydrogen-bond acceptors (Lipinski definition) is 2. The highest BCUT2D eigenvalue weighted by Gasteiger charge is 2.25. The zero-order valence-electron chi connectivity index (χ0n) is 12.2. The molecule has 112 valence electrons. The minimum atomic E-state index is 0. The van der Waals surface area contributed by atoms with Gasteiger partial charge in [-0.15, -0.1) is 24.0 Å². The molecule has 1 aromatic carbocycles. The van der Waals surface area contributed by atoms with E-state index in [0.717, 1.165) is 36.2 Å². The lowest BCUT2D eigenvalue weighted by molar-refractivity contribution is 0.0782. The molecule has 0 spiro atoms. The largest absolute Gasteiger partial charge is 0.378 e. The number of amides is 1. The summed E-state index contributed by atoms with van der Waals surface area (Å²) in [6.07, 6.45) is 1.89. The summed E-state index contributed by atoms with van der Waals surface area (Å²) in [6.45, 7) is 0.789. The van der Waals surface area contributed by atoms with Crippen LogP contribution in [0.15, 0.2) is 18.2 Å². The van der Waals surface area contributed by atoms with Gasteiger partial charge >= 0.3 is 0 Å². The Hall–Kier alpha value is -0.930. The van der Waals surface area contributed by atoms with Crippen LogP contribution >= 0.6 is 24.0 Å². The molecule has 1 aliphatic rings. The Bertz CT molecular complexity index is 477. The van der Waals surface area contributed by atoms with Crippen LogP contribution in [-0.2, 0) is 6.42 Å². The Morgan fingerprint density at radius 1 is 1.40 bits per heavy atom. The number of rotatable bonds is 3. The van der Waals surface area contributed by atoms with Gasteiger partial charge in [0.05, 0.1) is 0 Å². The number of halogens is 2. The van der Waals surface area contributed by atoms with E-state index >= 15 is 0 Å². The van der Waals surface area contributed by atoms with Crippen molar-refractivity contribution in [2.24, 2.45) is 5.92 Å². The molecule has 1 aliphatic heterocycles. The molecule has 0 fully saturated rings. The number of hydrogen-bond donors (Lipinski definition) is 0. The standard InChI is InChI=1S/C15H21ClN2O.ClH/c1-17(2)13-5-4-12-8-11(6-7-16)10-18(3)15(19)14(12)9-13;/h4-5,9,11H,6-8,10H2,1-3H3;1H. The maximum Gasteiger partial charge on any atom is 0.253 e. The maximum atomic E-state index is 12.4. The normalized spacial score (nSPS) is 18.1. The molecular formula is C15H22Cl2N2O. The predicted molar refractivity (Wildman–Crippen MR) is 87.5 cm³/mol. The Morgan fingerprint density at radius 3 is 2.70 bits per heavy atom. The third-order valence-corrected chi connectivity index (χ3v) is 3.96. The number of nitrogens with zero attached hydrogens (tertiary/aromatic N) is 2. The van der Waals surface area contributed by atoms with Gasteiger partial charge in [0.15, 0.2) is 0 Å². The van der Waals surface area contributed by atoms with Crippen LogP contribution in [0.5, 0.6) is 0 Å². The SMILES string of the molecule is CN1CC(CCCl)Cc2ccc(N(C)C)cc2C1=O.Cl. The number of anilines is 1. The molecule has 1 aromatic rings. The zero-order chi connectivity index (χ0) is 14.0. The zero-order valence-corrected chi connectivity index (χ0v) is 13.8. The van der Waals surface area contributed by atoms with Gasteiger partial charge in [0.2, 0.25) is 0 Å². The van der Waals surface area contributed by atoms with Gasteiger partial charge in [-0.1, -0.05) is 6.07 Å². The summed E-state index contributed by atoms with van der Waals surface area (Å²) < 4.78 is 0. The van der Waals surface area contributed by atoms with Gasteiger partial charge in [0, 0.05) is 44.8 Å². The molecule has 2 rings (SSSR count). The third kappa shape index (κ3) is 3.58. The number of alkyl halides is 1. The first kappa shape index (κ1) is 17.1. The van der Waals surface area contributed by atoms with Crippen LogP contribution in [0.1, 0.15) is 22.3 Å². The van der Waals surface area contributed by atoms with Crippen molar-refractivity contribution < 1.29 is 4.79 Å². The molecular weight excluding hydrogens is 295 g/mol. The van der Waals surface area contributed by atoms with E-state index in [1.165, 1.54) is 0 Å². The molecule has 0 bridgehead atoms. The fraction of sp³-hybridized carbons (Fsp3) is 0.533. The average Bonchev–Trinajstić information content (AvgIpc) is 2.48. The number of carbonyl (C=O) groups excluding carboxylic acids is 1. The highest BCUT2D eigenvalue weighted by molar-refractivity contribution is 6.17. The monoisotopic (exact) mass is 316 g/mol. The molecule has 0 aliphatic carbocycles. The number of carbonyl (C=O) groups is 1. The highest BCUT2D eigenvalue weighted by Crippen LogP contribution is 2.26. The first-order valence-corrected chi connectivity index (χ1v) is 7.18. The molecule has 1 amide bonds. The van der Waals surface area contributed by atoms with E-state index in [1.54, 1.807) is 0 Å². The number of fused-ring (bicyclic) bond motifs is 1. The van der Waals surface area contributed by atoms with Crippen LogP contribution in [0, 0.1) is 5.92 Å². The number of benzene rings is 1. The minimum Gasteiger partial charge on any atom is -0.378 e. The Kier molecular flexibility index (Phi) is 6.15. The van der Waals surface area contributed by atoms with Crippen molar-refractivity contribution in [3.63, 3.8) is 0 Å². The summed E-state index contributed by atoms with van der Waals surface area (Å²) in [5.74, 6) is 1.23. The van der Waals surface area contributed by atoms with Crippen LogP contribution in [0.25, 0.3) is 0 Å². The summed E-state index contributed by atoms with van der Waals surface area (Å²) >= 11 is 5.86. The summed E-state index contributed by atoms with van der Waals surface area (Å²) in [5.41, 5.74) is 3.05. The second kappa shape index (κ2) is 7.19. The van der Waals surface area contributed by atoms with Crippen molar-refractivity contribution in [3.8, 4) is 0 Å². The van der Waals surface area contributed by atoms with Crippen molar-refractivity contribution in [2.45, 2.75) is 12.8 Å². The van der Waals surface area contributed by atoms with Crippen molar-refractivity contribution >= 4 is 35.6 Å². The summed E-state index contributed by atoms with van der Waals surface area (Å²) in [4.78, 5) is 16.3. The van der Waals surface area contributed by atoms with E-state index in [2.05, 4.69) is 12.1 Å². The summed E-state index contributed by atoms with van der Waals surface area (Å²) in [7, 11) is 5.85. The van der Waals surface area contributed by atoms with Crippen LogP contribution in [0.3, 0.4) is 0 Å². The quantitative estimate of drug-likeness (QED) is 0.800. The molecule has 0 aromatic heterocycles. The minimum absolute atomic E-state index is 0. The summed E-state index contributed by atoms with van der Waals surface area (Å²) in [5, 5.41) is 0. The molecule has 1 atom stereocenters. The molecule has 1 unspecified atom stereocenters. The van der Waals surface area contributed by atoms with Crippen molar-refractivity contribution in [3.05, 3.63) is 29.3 Å². The smallest absolute Gasteiger partial charge is 0.253 e. The van der Waals surface area contributed by atoms with Crippen LogP contribution in [-0.4, -0.2) is 44.4 Å². The molecule has 5 heteroatoms. The van der Waals surface area contributed by atoms with E-state index in [4.69, 9.17) is 11.6 Å². The van der Waals surface area contributed by atoms with E-state index in [9.17, 15) is 4.79 Å². The van der Waals surface area contributed by atoms with E-state index in [0.29, 0.717) is 11.8 Å². The first-order chi connectivity index (χ1) is 9.02. The molecule has 1 heterocycles. The van der Waals surface area contributed by atoms with Crippen molar-refractivity contribution in [2.75, 3.05) is 38.5 Å². The third-order valence-electron chi connectivity index (χ3n) is 3.74. The second-order valence-corrected chi connectivity index (χ2v) is 5.85. The average molecular weight is 317 g/mol. The molecule has 0 saturated carbocycles. The lowest BCUT2D eigenvalue weighted by Gasteiger charge is -2.19. The Balaban J connectivity index is 0.00000200. The van der Waals surface area contributed by atoms with Gasteiger partial charge in [-0.2, -0.15) is 0 Å². The van der Waals surface area contributed by atoms with Gasteiger partial charge in [-0.25, -0.2) is 0 Å². The molecule has 0 N–H and O–H groups in total. The summed E-state index contributed by atoms with van der Waals surface area (Å²) in [6, 6.07) is 6.16. The first-order valence-electron chi connectivity index (χ1n) is 6.64. The van der Waals surface area contributed by atoms with Crippen LogP contribution < -0.4 is 4.90 Å². The second-order valence-electron chi connectivity index (χ2n) is 5.47. The lowest BCUT2D eigenvalue weighted by atomic mass is 9.95. The Labute approximate surface area is 132 Å².